The number of carbonyl (C=O) groups excluding carboxylic acids is 2. The van der Waals surface area contributed by atoms with Crippen molar-refractivity contribution in [1.29, 1.82) is 0 Å². The molecule has 0 spiro atoms. The highest BCUT2D eigenvalue weighted by Crippen LogP contribution is 2.44. The van der Waals surface area contributed by atoms with Crippen molar-refractivity contribution in [2.45, 2.75) is 26.2 Å². The number of thiazole rings is 1. The van der Waals surface area contributed by atoms with Gasteiger partial charge >= 0.3 is 12.1 Å². The molecule has 1 atom stereocenters. The van der Waals surface area contributed by atoms with E-state index in [4.69, 9.17) is 9.84 Å². The fourth-order valence-electron chi connectivity index (χ4n) is 4.24. The van der Waals surface area contributed by atoms with Gasteiger partial charge in [0.05, 0.1) is 12.6 Å². The second-order valence-corrected chi connectivity index (χ2v) is 9.82. The highest BCUT2D eigenvalue weighted by Gasteiger charge is 2.29. The summed E-state index contributed by atoms with van der Waals surface area (Å²) in [4.78, 5) is 40.3. The number of fused-ring (bicyclic) bond motifs is 3. The summed E-state index contributed by atoms with van der Waals surface area (Å²) in [7, 11) is 0. The van der Waals surface area contributed by atoms with E-state index in [0.717, 1.165) is 33.6 Å². The van der Waals surface area contributed by atoms with E-state index in [2.05, 4.69) is 27.8 Å². The van der Waals surface area contributed by atoms with Crippen LogP contribution >= 0.6 is 11.3 Å². The molecule has 0 radical (unpaired) electrons. The van der Waals surface area contributed by atoms with Crippen LogP contribution in [-0.2, 0) is 9.53 Å². The van der Waals surface area contributed by atoms with E-state index in [0.29, 0.717) is 4.88 Å². The van der Waals surface area contributed by atoms with Crippen LogP contribution in [0, 0.1) is 11.8 Å². The molecule has 0 aliphatic heterocycles. The molecule has 182 valence electrons. The zero-order valence-electron chi connectivity index (χ0n) is 19.5. The van der Waals surface area contributed by atoms with Crippen LogP contribution in [0.5, 0.6) is 0 Å². The first kappa shape index (κ1) is 24.4. The Morgan fingerprint density at radius 1 is 1.06 bits per heavy atom. The number of aliphatic carboxylic acids is 1. The van der Waals surface area contributed by atoms with Crippen molar-refractivity contribution in [2.75, 3.05) is 18.5 Å². The summed E-state index contributed by atoms with van der Waals surface area (Å²) < 4.78 is 5.52. The number of benzene rings is 2. The molecule has 0 bridgehead atoms. The molecule has 4 rings (SSSR count). The SMILES string of the molecule is CC(C)C(CNC(=O)c1cnc(NC(=O)OCC2c3ccccc3-c3ccccc32)s1)CC(=O)O. The number of nitrogens with one attached hydrogen (secondary N) is 2. The van der Waals surface area contributed by atoms with Crippen LogP contribution in [0.1, 0.15) is 47.0 Å². The lowest BCUT2D eigenvalue weighted by molar-refractivity contribution is -0.138. The van der Waals surface area contributed by atoms with Crippen LogP contribution in [0.3, 0.4) is 0 Å². The Kier molecular flexibility index (Phi) is 7.45. The van der Waals surface area contributed by atoms with Gasteiger partial charge < -0.3 is 15.2 Å². The van der Waals surface area contributed by atoms with E-state index in [1.165, 1.54) is 6.20 Å². The van der Waals surface area contributed by atoms with Gasteiger partial charge in [0.1, 0.15) is 11.5 Å². The summed E-state index contributed by atoms with van der Waals surface area (Å²) in [5.41, 5.74) is 4.54. The second-order valence-electron chi connectivity index (χ2n) is 8.79. The molecule has 1 unspecified atom stereocenters. The smallest absolute Gasteiger partial charge is 0.413 e. The number of anilines is 1. The van der Waals surface area contributed by atoms with Crippen molar-refractivity contribution in [3.63, 3.8) is 0 Å². The predicted molar refractivity (Wildman–Crippen MR) is 134 cm³/mol. The molecular weight excluding hydrogens is 466 g/mol. The zero-order valence-corrected chi connectivity index (χ0v) is 20.3. The average molecular weight is 494 g/mol. The third-order valence-electron chi connectivity index (χ3n) is 6.19. The fraction of sp³-hybridized carbons (Fsp3) is 0.308. The summed E-state index contributed by atoms with van der Waals surface area (Å²) in [6, 6.07) is 16.2. The molecule has 2 amide bonds. The van der Waals surface area contributed by atoms with E-state index < -0.39 is 12.1 Å². The molecule has 0 saturated carbocycles. The standard InChI is InChI=1S/C26H27N3O5S/c1-15(2)16(11-23(30)31)12-27-24(32)22-13-28-25(35-22)29-26(33)34-14-21-19-9-5-3-7-17(19)18-8-4-6-10-20(18)21/h3-10,13,15-16,21H,11-12,14H2,1-2H3,(H,27,32)(H,30,31)(H,28,29,33). The molecule has 0 saturated heterocycles. The van der Waals surface area contributed by atoms with Gasteiger partial charge in [0.2, 0.25) is 0 Å². The third-order valence-corrected chi connectivity index (χ3v) is 7.10. The molecular formula is C26H27N3O5S. The van der Waals surface area contributed by atoms with Crippen LogP contribution in [0.15, 0.2) is 54.7 Å². The summed E-state index contributed by atoms with van der Waals surface area (Å²) in [6.45, 7) is 4.26. The number of rotatable bonds is 9. The van der Waals surface area contributed by atoms with Crippen LogP contribution in [-0.4, -0.2) is 41.2 Å². The van der Waals surface area contributed by atoms with Crippen LogP contribution < -0.4 is 10.6 Å². The van der Waals surface area contributed by atoms with Crippen LogP contribution in [0.25, 0.3) is 11.1 Å². The Morgan fingerprint density at radius 3 is 2.29 bits per heavy atom. The topological polar surface area (TPSA) is 118 Å². The van der Waals surface area contributed by atoms with Crippen LogP contribution in [0.4, 0.5) is 9.93 Å². The molecule has 1 heterocycles. The van der Waals surface area contributed by atoms with Gasteiger partial charge in [0.25, 0.3) is 5.91 Å². The maximum absolute atomic E-state index is 12.5. The van der Waals surface area contributed by atoms with Crippen molar-refractivity contribution in [3.05, 3.63) is 70.7 Å². The van der Waals surface area contributed by atoms with Gasteiger partial charge in [0, 0.05) is 12.5 Å². The number of hydrogen-bond donors (Lipinski definition) is 3. The van der Waals surface area contributed by atoms with Gasteiger partial charge in [-0.05, 0) is 34.1 Å². The summed E-state index contributed by atoms with van der Waals surface area (Å²) >= 11 is 1.03. The number of carbonyl (C=O) groups is 3. The monoisotopic (exact) mass is 493 g/mol. The van der Waals surface area contributed by atoms with E-state index in [-0.39, 0.29) is 48.4 Å². The predicted octanol–water partition coefficient (Wildman–Crippen LogP) is 4.98. The minimum Gasteiger partial charge on any atom is -0.481 e. The van der Waals surface area contributed by atoms with E-state index in [1.54, 1.807) is 0 Å². The number of ether oxygens (including phenoxy) is 1. The number of amides is 2. The highest BCUT2D eigenvalue weighted by atomic mass is 32.1. The van der Waals surface area contributed by atoms with E-state index >= 15 is 0 Å². The summed E-state index contributed by atoms with van der Waals surface area (Å²) in [5.74, 6) is -1.38. The van der Waals surface area contributed by atoms with Gasteiger partial charge in [0.15, 0.2) is 5.13 Å². The van der Waals surface area contributed by atoms with Gasteiger partial charge in [-0.1, -0.05) is 73.7 Å². The molecule has 1 aromatic heterocycles. The first-order chi connectivity index (χ1) is 16.8. The quantitative estimate of drug-likeness (QED) is 0.387. The van der Waals surface area contributed by atoms with Crippen molar-refractivity contribution < 1.29 is 24.2 Å². The van der Waals surface area contributed by atoms with Crippen molar-refractivity contribution in [1.82, 2.24) is 10.3 Å². The Morgan fingerprint density at radius 2 is 1.69 bits per heavy atom. The molecule has 1 aliphatic rings. The first-order valence-corrected chi connectivity index (χ1v) is 12.2. The number of hydrogen-bond acceptors (Lipinski definition) is 6. The number of carboxylic acids is 1. The van der Waals surface area contributed by atoms with Gasteiger partial charge in [-0.25, -0.2) is 9.78 Å². The Hall–Kier alpha value is -3.72. The maximum Gasteiger partial charge on any atom is 0.413 e. The average Bonchev–Trinajstić information content (AvgIpc) is 3.42. The summed E-state index contributed by atoms with van der Waals surface area (Å²) in [5, 5.41) is 14.6. The van der Waals surface area contributed by atoms with Gasteiger partial charge in [-0.2, -0.15) is 0 Å². The minimum absolute atomic E-state index is 0.0186. The molecule has 9 heteroatoms. The van der Waals surface area contributed by atoms with E-state index in [9.17, 15) is 14.4 Å². The first-order valence-electron chi connectivity index (χ1n) is 11.4. The molecule has 2 aromatic carbocycles. The third kappa shape index (κ3) is 5.68. The van der Waals surface area contributed by atoms with Crippen molar-refractivity contribution in [3.8, 4) is 11.1 Å². The van der Waals surface area contributed by atoms with Gasteiger partial charge in [-0.3, -0.25) is 14.9 Å². The zero-order chi connectivity index (χ0) is 24.9. The highest BCUT2D eigenvalue weighted by molar-refractivity contribution is 7.17. The molecule has 0 fully saturated rings. The largest absolute Gasteiger partial charge is 0.481 e. The Bertz CT molecular complexity index is 1190. The van der Waals surface area contributed by atoms with Crippen molar-refractivity contribution in [2.24, 2.45) is 11.8 Å². The number of nitrogens with zero attached hydrogens (tertiary/aromatic N) is 1. The Labute approximate surface area is 207 Å². The Balaban J connectivity index is 1.32. The second kappa shape index (κ2) is 10.7. The lowest BCUT2D eigenvalue weighted by Gasteiger charge is -2.19. The van der Waals surface area contributed by atoms with Crippen LogP contribution in [0.2, 0.25) is 0 Å². The molecule has 35 heavy (non-hydrogen) atoms. The van der Waals surface area contributed by atoms with E-state index in [1.807, 2.05) is 50.2 Å². The summed E-state index contributed by atoms with van der Waals surface area (Å²) in [6.07, 6.45) is 0.713. The normalized spacial score (nSPS) is 13.1. The molecule has 1 aliphatic carbocycles. The lowest BCUT2D eigenvalue weighted by atomic mass is 9.92. The lowest BCUT2D eigenvalue weighted by Crippen LogP contribution is -2.32. The molecule has 3 aromatic rings. The number of aromatic nitrogens is 1. The number of carboxylic acid groups (broad SMARTS) is 1. The maximum atomic E-state index is 12.5. The molecule has 8 nitrogen and oxygen atoms in total. The fourth-order valence-corrected chi connectivity index (χ4v) is 4.96. The minimum atomic E-state index is -0.898. The van der Waals surface area contributed by atoms with Crippen molar-refractivity contribution >= 4 is 34.4 Å². The van der Waals surface area contributed by atoms with Gasteiger partial charge in [-0.15, -0.1) is 0 Å². The molecule has 3 N–H and O–H groups in total.